The normalized spacial score (nSPS) is 36.3. The highest BCUT2D eigenvalue weighted by Gasteiger charge is 2.70. The van der Waals surface area contributed by atoms with Crippen LogP contribution in [-0.2, 0) is 14.4 Å². The standard InChI is InChI=1S/C20H22ClN3O3/c1-23(2)7-8-24-19(25)14-12-9-13(15(14)20(24)26)18-16(12)17(22-27-18)10-3-5-11(21)6-4-10/h3-6,12-16,18H,7-9H2,1-2H3/p+1/t12-,13+,14+,15-,16+,18+/m0/s1. The van der Waals surface area contributed by atoms with Crippen molar-refractivity contribution in [2.75, 3.05) is 27.2 Å². The molecular formula is C20H23ClN3O3+. The van der Waals surface area contributed by atoms with Crippen molar-refractivity contribution in [3.05, 3.63) is 34.9 Å². The molecule has 1 N–H and O–H groups in total. The number of nitrogens with one attached hydrogen (secondary N) is 1. The van der Waals surface area contributed by atoms with E-state index in [1.165, 1.54) is 9.80 Å². The molecule has 2 aliphatic heterocycles. The largest absolute Gasteiger partial charge is 0.391 e. The van der Waals surface area contributed by atoms with Gasteiger partial charge < -0.3 is 9.74 Å². The molecule has 0 spiro atoms. The molecule has 2 bridgehead atoms. The molecule has 7 heteroatoms. The van der Waals surface area contributed by atoms with Crippen molar-refractivity contribution in [3.63, 3.8) is 0 Å². The molecule has 1 aromatic carbocycles. The smallest absolute Gasteiger partial charge is 0.233 e. The molecule has 3 fully saturated rings. The predicted molar refractivity (Wildman–Crippen MR) is 99.3 cm³/mol. The third-order valence-corrected chi connectivity index (χ3v) is 7.01. The number of carbonyl (C=O) groups excluding carboxylic acids is 2. The Bertz CT molecular complexity index is 837. The summed E-state index contributed by atoms with van der Waals surface area (Å²) in [5.41, 5.74) is 1.89. The van der Waals surface area contributed by atoms with Gasteiger partial charge in [-0.1, -0.05) is 28.9 Å². The zero-order valence-electron chi connectivity index (χ0n) is 15.4. The molecule has 5 rings (SSSR count). The topological polar surface area (TPSA) is 63.4 Å². The van der Waals surface area contributed by atoms with Crippen LogP contribution in [0.25, 0.3) is 0 Å². The van der Waals surface area contributed by atoms with Crippen LogP contribution in [-0.4, -0.2) is 55.7 Å². The number of hydrogen-bond acceptors (Lipinski definition) is 4. The second-order valence-corrected chi connectivity index (χ2v) is 8.92. The number of amides is 2. The molecule has 142 valence electrons. The van der Waals surface area contributed by atoms with Crippen LogP contribution in [0, 0.1) is 29.6 Å². The van der Waals surface area contributed by atoms with Gasteiger partial charge in [-0.05, 0) is 30.0 Å². The summed E-state index contributed by atoms with van der Waals surface area (Å²) in [6, 6.07) is 7.59. The molecule has 2 saturated carbocycles. The van der Waals surface area contributed by atoms with Crippen molar-refractivity contribution in [3.8, 4) is 0 Å². The van der Waals surface area contributed by atoms with Gasteiger partial charge in [0.2, 0.25) is 11.8 Å². The summed E-state index contributed by atoms with van der Waals surface area (Å²) in [6.45, 7) is 1.27. The Labute approximate surface area is 163 Å². The van der Waals surface area contributed by atoms with Crippen molar-refractivity contribution in [1.82, 2.24) is 4.90 Å². The first kappa shape index (κ1) is 17.2. The molecule has 1 saturated heterocycles. The number of benzene rings is 1. The summed E-state index contributed by atoms with van der Waals surface area (Å²) in [5.74, 6) is -0.100. The van der Waals surface area contributed by atoms with Crippen molar-refractivity contribution in [2.45, 2.75) is 12.5 Å². The maximum atomic E-state index is 13.1. The highest BCUT2D eigenvalue weighted by atomic mass is 35.5. The number of fused-ring (bicyclic) bond motifs is 8. The average molecular weight is 389 g/mol. The van der Waals surface area contributed by atoms with Crippen LogP contribution < -0.4 is 4.90 Å². The Balaban J connectivity index is 1.42. The SMILES string of the molecule is C[NH+](C)CCN1C(=O)[C@@H]2[C@@H]3C[C@@H]([C@H]4ON=C(c5ccc(Cl)cc5)[C@@H]34)[C@@H]2C1=O. The number of imide groups is 1. The monoisotopic (exact) mass is 388 g/mol. The van der Waals surface area contributed by atoms with E-state index in [1.807, 2.05) is 38.4 Å². The molecule has 6 nitrogen and oxygen atoms in total. The second kappa shape index (κ2) is 6.04. The van der Waals surface area contributed by atoms with E-state index in [4.69, 9.17) is 16.4 Å². The molecule has 27 heavy (non-hydrogen) atoms. The van der Waals surface area contributed by atoms with E-state index in [1.54, 1.807) is 0 Å². The van der Waals surface area contributed by atoms with Gasteiger partial charge in [-0.15, -0.1) is 0 Å². The lowest BCUT2D eigenvalue weighted by Gasteiger charge is -2.29. The molecule has 6 atom stereocenters. The molecule has 2 aliphatic carbocycles. The first-order valence-electron chi connectivity index (χ1n) is 9.61. The highest BCUT2D eigenvalue weighted by molar-refractivity contribution is 6.30. The van der Waals surface area contributed by atoms with E-state index in [-0.39, 0.29) is 47.5 Å². The van der Waals surface area contributed by atoms with E-state index in [0.717, 1.165) is 24.2 Å². The molecule has 2 heterocycles. The Morgan fingerprint density at radius 2 is 1.78 bits per heavy atom. The number of likely N-dealkylation sites (tertiary alicyclic amines) is 1. The van der Waals surface area contributed by atoms with Crippen molar-refractivity contribution < 1.29 is 19.3 Å². The van der Waals surface area contributed by atoms with Gasteiger partial charge in [-0.2, -0.15) is 0 Å². The number of quaternary nitrogens is 1. The Hall–Kier alpha value is -1.92. The quantitative estimate of drug-likeness (QED) is 0.762. The summed E-state index contributed by atoms with van der Waals surface area (Å²) in [6.07, 6.45) is 0.791. The van der Waals surface area contributed by atoms with Gasteiger partial charge in [0.1, 0.15) is 6.10 Å². The maximum Gasteiger partial charge on any atom is 0.233 e. The summed E-state index contributed by atoms with van der Waals surface area (Å²) in [7, 11) is 4.06. The fourth-order valence-electron chi connectivity index (χ4n) is 5.60. The van der Waals surface area contributed by atoms with Gasteiger partial charge in [-0.25, -0.2) is 0 Å². The average Bonchev–Trinajstić information content (AvgIpc) is 3.35. The summed E-state index contributed by atoms with van der Waals surface area (Å²) < 4.78 is 0. The fourth-order valence-corrected chi connectivity index (χ4v) is 5.73. The van der Waals surface area contributed by atoms with E-state index in [9.17, 15) is 9.59 Å². The first-order chi connectivity index (χ1) is 13.0. The van der Waals surface area contributed by atoms with Crippen molar-refractivity contribution in [1.29, 1.82) is 0 Å². The Morgan fingerprint density at radius 1 is 1.11 bits per heavy atom. The zero-order chi connectivity index (χ0) is 18.9. The van der Waals surface area contributed by atoms with Crippen LogP contribution in [0.2, 0.25) is 5.02 Å². The van der Waals surface area contributed by atoms with Crippen LogP contribution in [0.1, 0.15) is 12.0 Å². The lowest BCUT2D eigenvalue weighted by molar-refractivity contribution is -0.857. The molecule has 1 aromatic rings. The fraction of sp³-hybridized carbons (Fsp3) is 0.550. The van der Waals surface area contributed by atoms with E-state index in [0.29, 0.717) is 11.6 Å². The van der Waals surface area contributed by atoms with Gasteiger partial charge in [0, 0.05) is 16.9 Å². The maximum absolute atomic E-state index is 13.1. The summed E-state index contributed by atoms with van der Waals surface area (Å²) in [4.78, 5) is 34.6. The van der Waals surface area contributed by atoms with Gasteiger partial charge in [0.25, 0.3) is 0 Å². The zero-order valence-corrected chi connectivity index (χ0v) is 16.1. The van der Waals surface area contributed by atoms with Crippen LogP contribution in [0.4, 0.5) is 0 Å². The number of rotatable bonds is 4. The molecule has 4 aliphatic rings. The number of nitrogens with zero attached hydrogens (tertiary/aromatic N) is 2. The Morgan fingerprint density at radius 3 is 2.44 bits per heavy atom. The lowest BCUT2D eigenvalue weighted by Crippen LogP contribution is -3.06. The minimum absolute atomic E-state index is 0.000688. The van der Waals surface area contributed by atoms with Gasteiger partial charge >= 0.3 is 0 Å². The predicted octanol–water partition coefficient (Wildman–Crippen LogP) is 0.455. The number of oxime groups is 1. The third-order valence-electron chi connectivity index (χ3n) is 6.76. The van der Waals surface area contributed by atoms with Gasteiger partial charge in [-0.3, -0.25) is 14.5 Å². The molecular weight excluding hydrogens is 366 g/mol. The number of hydrogen-bond donors (Lipinski definition) is 1. The molecule has 0 aromatic heterocycles. The second-order valence-electron chi connectivity index (χ2n) is 8.48. The lowest BCUT2D eigenvalue weighted by atomic mass is 9.71. The number of carbonyl (C=O) groups is 2. The summed E-state index contributed by atoms with van der Waals surface area (Å²) in [5, 5.41) is 5.03. The summed E-state index contributed by atoms with van der Waals surface area (Å²) >= 11 is 6.01. The van der Waals surface area contributed by atoms with Crippen LogP contribution in [0.5, 0.6) is 0 Å². The minimum Gasteiger partial charge on any atom is -0.391 e. The van der Waals surface area contributed by atoms with E-state index < -0.39 is 0 Å². The first-order valence-corrected chi connectivity index (χ1v) is 9.99. The van der Waals surface area contributed by atoms with Crippen molar-refractivity contribution >= 4 is 29.1 Å². The highest BCUT2D eigenvalue weighted by Crippen LogP contribution is 2.61. The van der Waals surface area contributed by atoms with Crippen molar-refractivity contribution in [2.24, 2.45) is 34.7 Å². The molecule has 0 unspecified atom stereocenters. The molecule has 0 radical (unpaired) electrons. The van der Waals surface area contributed by atoms with E-state index >= 15 is 0 Å². The Kier molecular flexibility index (Phi) is 3.85. The van der Waals surface area contributed by atoms with Gasteiger partial charge in [0.15, 0.2) is 0 Å². The van der Waals surface area contributed by atoms with Crippen LogP contribution >= 0.6 is 11.6 Å². The van der Waals surface area contributed by atoms with E-state index in [2.05, 4.69) is 5.16 Å². The van der Waals surface area contributed by atoms with Gasteiger partial charge in [0.05, 0.1) is 44.7 Å². The number of halogens is 1. The minimum atomic E-state index is -0.222. The molecule has 2 amide bonds. The van der Waals surface area contributed by atoms with Crippen LogP contribution in [0.15, 0.2) is 29.4 Å². The third kappa shape index (κ3) is 2.39. The number of likely N-dealkylation sites (N-methyl/N-ethyl adjacent to an activating group) is 1. The van der Waals surface area contributed by atoms with Crippen LogP contribution in [0.3, 0.4) is 0 Å².